The molecule has 1 amide bonds. The molecule has 0 aliphatic rings. The van der Waals surface area contributed by atoms with E-state index in [4.69, 9.17) is 0 Å². The smallest absolute Gasteiger partial charge is 0.250 e. The SMILES string of the molecule is O=C(CSc1nnc(SCc2ccccc2)s1)N/N=C\c1ccccc1C(=O)[O-]. The summed E-state index contributed by atoms with van der Waals surface area (Å²) in [6.07, 6.45) is 1.27. The number of thioether (sulfide) groups is 2. The van der Waals surface area contributed by atoms with Gasteiger partial charge in [0.2, 0.25) is 0 Å². The molecule has 10 heteroatoms. The molecule has 0 bridgehead atoms. The van der Waals surface area contributed by atoms with Crippen molar-refractivity contribution < 1.29 is 14.7 Å². The summed E-state index contributed by atoms with van der Waals surface area (Å²) in [5.41, 5.74) is 3.94. The fourth-order valence-corrected chi connectivity index (χ4v) is 4.93. The van der Waals surface area contributed by atoms with E-state index in [0.717, 1.165) is 10.1 Å². The molecule has 0 spiro atoms. The van der Waals surface area contributed by atoms with Gasteiger partial charge in [0.25, 0.3) is 5.91 Å². The van der Waals surface area contributed by atoms with Gasteiger partial charge in [0.15, 0.2) is 8.68 Å². The molecule has 1 heterocycles. The minimum Gasteiger partial charge on any atom is -0.545 e. The van der Waals surface area contributed by atoms with Gasteiger partial charge in [-0.15, -0.1) is 10.2 Å². The Kier molecular flexibility index (Phi) is 7.79. The number of carboxylic acids is 1. The second kappa shape index (κ2) is 10.7. The van der Waals surface area contributed by atoms with Crippen molar-refractivity contribution in [2.75, 3.05) is 5.75 Å². The van der Waals surface area contributed by atoms with E-state index in [2.05, 4.69) is 32.9 Å². The van der Waals surface area contributed by atoms with Crippen molar-refractivity contribution in [1.82, 2.24) is 15.6 Å². The summed E-state index contributed by atoms with van der Waals surface area (Å²) < 4.78 is 1.54. The molecule has 7 nitrogen and oxygen atoms in total. The number of benzene rings is 2. The van der Waals surface area contributed by atoms with Crippen LogP contribution in [0.25, 0.3) is 0 Å². The maximum absolute atomic E-state index is 11.9. The molecule has 0 aliphatic carbocycles. The zero-order valence-electron chi connectivity index (χ0n) is 15.0. The number of rotatable bonds is 9. The van der Waals surface area contributed by atoms with Crippen LogP contribution in [0.3, 0.4) is 0 Å². The number of nitrogens with zero attached hydrogens (tertiary/aromatic N) is 3. The summed E-state index contributed by atoms with van der Waals surface area (Å²) in [6, 6.07) is 16.3. The molecular weight excluding hydrogens is 428 g/mol. The van der Waals surface area contributed by atoms with Gasteiger partial charge in [-0.1, -0.05) is 89.5 Å². The molecule has 0 atom stereocenters. The maximum Gasteiger partial charge on any atom is 0.250 e. The van der Waals surface area contributed by atoms with Gasteiger partial charge in [0, 0.05) is 16.9 Å². The zero-order valence-corrected chi connectivity index (χ0v) is 17.4. The monoisotopic (exact) mass is 443 g/mol. The first-order valence-electron chi connectivity index (χ1n) is 8.37. The van der Waals surface area contributed by atoms with Crippen LogP contribution >= 0.6 is 34.9 Å². The number of aromatic nitrogens is 2. The number of amides is 1. The quantitative estimate of drug-likeness (QED) is 0.307. The van der Waals surface area contributed by atoms with Crippen LogP contribution in [0.4, 0.5) is 0 Å². The number of nitrogens with one attached hydrogen (secondary N) is 1. The third-order valence-corrected chi connectivity index (χ3v) is 6.75. The molecule has 29 heavy (non-hydrogen) atoms. The van der Waals surface area contributed by atoms with Gasteiger partial charge in [0.1, 0.15) is 0 Å². The lowest BCUT2D eigenvalue weighted by Crippen LogP contribution is -2.24. The van der Waals surface area contributed by atoms with Crippen LogP contribution in [-0.4, -0.2) is 34.0 Å². The van der Waals surface area contributed by atoms with Crippen molar-refractivity contribution in [1.29, 1.82) is 0 Å². The number of carbonyl (C=O) groups is 2. The summed E-state index contributed by atoms with van der Waals surface area (Å²) in [6.45, 7) is 0. The lowest BCUT2D eigenvalue weighted by Gasteiger charge is -2.05. The highest BCUT2D eigenvalue weighted by Gasteiger charge is 2.08. The Bertz CT molecular complexity index is 1010. The first-order chi connectivity index (χ1) is 14.1. The average Bonchev–Trinajstić information content (AvgIpc) is 3.20. The van der Waals surface area contributed by atoms with E-state index in [-0.39, 0.29) is 17.2 Å². The molecule has 0 fully saturated rings. The third kappa shape index (κ3) is 6.70. The van der Waals surface area contributed by atoms with Crippen LogP contribution in [-0.2, 0) is 10.5 Å². The highest BCUT2D eigenvalue weighted by molar-refractivity contribution is 8.03. The fourth-order valence-electron chi connectivity index (χ4n) is 2.16. The third-order valence-electron chi connectivity index (χ3n) is 3.49. The molecular formula is C19H15N4O3S3-. The van der Waals surface area contributed by atoms with Crippen LogP contribution < -0.4 is 10.5 Å². The van der Waals surface area contributed by atoms with Crippen molar-refractivity contribution in [2.24, 2.45) is 5.10 Å². The Morgan fingerprint density at radius 1 is 1.03 bits per heavy atom. The summed E-state index contributed by atoms with van der Waals surface area (Å²) >= 11 is 4.30. The van der Waals surface area contributed by atoms with Gasteiger partial charge in [0.05, 0.1) is 17.9 Å². The first-order valence-corrected chi connectivity index (χ1v) is 11.2. The summed E-state index contributed by atoms with van der Waals surface area (Å²) in [7, 11) is 0. The molecule has 2 aromatic carbocycles. The molecule has 0 unspecified atom stereocenters. The number of hydrazone groups is 1. The molecule has 3 aromatic rings. The summed E-state index contributed by atoms with van der Waals surface area (Å²) in [4.78, 5) is 23.0. The Balaban J connectivity index is 1.44. The van der Waals surface area contributed by atoms with E-state index >= 15 is 0 Å². The van der Waals surface area contributed by atoms with Crippen molar-refractivity contribution >= 4 is 53.0 Å². The maximum atomic E-state index is 11.9. The fraction of sp³-hybridized carbons (Fsp3) is 0.105. The van der Waals surface area contributed by atoms with Gasteiger partial charge in [-0.25, -0.2) is 5.43 Å². The van der Waals surface area contributed by atoms with Crippen molar-refractivity contribution in [3.05, 3.63) is 71.3 Å². The number of carboxylic acid groups (broad SMARTS) is 1. The lowest BCUT2D eigenvalue weighted by atomic mass is 10.1. The molecule has 1 N–H and O–H groups in total. The van der Waals surface area contributed by atoms with E-state index in [1.807, 2.05) is 18.2 Å². The summed E-state index contributed by atoms with van der Waals surface area (Å²) in [5.74, 6) is -0.697. The summed E-state index contributed by atoms with van der Waals surface area (Å²) in [5, 5.41) is 23.0. The Hall–Kier alpha value is -2.69. The Morgan fingerprint density at radius 2 is 1.72 bits per heavy atom. The van der Waals surface area contributed by atoms with Crippen molar-refractivity contribution in [3.8, 4) is 0 Å². The van der Waals surface area contributed by atoms with E-state index < -0.39 is 5.97 Å². The van der Waals surface area contributed by atoms with E-state index in [1.165, 1.54) is 40.9 Å². The van der Waals surface area contributed by atoms with Gasteiger partial charge >= 0.3 is 0 Å². The van der Waals surface area contributed by atoms with Crippen LogP contribution in [0, 0.1) is 0 Å². The predicted octanol–water partition coefficient (Wildman–Crippen LogP) is 2.44. The van der Waals surface area contributed by atoms with E-state index in [9.17, 15) is 14.7 Å². The van der Waals surface area contributed by atoms with E-state index in [1.54, 1.807) is 30.0 Å². The van der Waals surface area contributed by atoms with Gasteiger partial charge < -0.3 is 9.90 Å². The van der Waals surface area contributed by atoms with Crippen LogP contribution in [0.2, 0.25) is 0 Å². The topological polar surface area (TPSA) is 107 Å². The average molecular weight is 444 g/mol. The van der Waals surface area contributed by atoms with Gasteiger partial charge in [-0.2, -0.15) is 5.10 Å². The Labute approximate surface area is 179 Å². The zero-order chi connectivity index (χ0) is 20.5. The second-order valence-electron chi connectivity index (χ2n) is 5.56. The van der Waals surface area contributed by atoms with Gasteiger partial charge in [-0.3, -0.25) is 4.79 Å². The number of hydrogen-bond donors (Lipinski definition) is 1. The molecule has 148 valence electrons. The highest BCUT2D eigenvalue weighted by Crippen LogP contribution is 2.30. The molecule has 0 aliphatic heterocycles. The molecule has 1 aromatic heterocycles. The number of hydrogen-bond acceptors (Lipinski definition) is 9. The van der Waals surface area contributed by atoms with Crippen molar-refractivity contribution in [2.45, 2.75) is 14.4 Å². The Morgan fingerprint density at radius 3 is 2.48 bits per heavy atom. The minimum absolute atomic E-state index is 0.00858. The highest BCUT2D eigenvalue weighted by atomic mass is 32.2. The number of carbonyl (C=O) groups excluding carboxylic acids is 2. The standard InChI is InChI=1S/C19H16N4O3S3/c24-16(21-20-10-14-8-4-5-9-15(14)17(25)26)12-28-19-23-22-18(29-19)27-11-13-6-2-1-3-7-13/h1-10H,11-12H2,(H,21,24)(H,25,26)/p-1/b20-10-. The molecule has 0 saturated heterocycles. The van der Waals surface area contributed by atoms with Gasteiger partial charge in [-0.05, 0) is 5.56 Å². The van der Waals surface area contributed by atoms with Crippen LogP contribution in [0.15, 0.2) is 68.4 Å². The molecule has 3 rings (SSSR count). The lowest BCUT2D eigenvalue weighted by molar-refractivity contribution is -0.255. The van der Waals surface area contributed by atoms with Crippen LogP contribution in [0.5, 0.6) is 0 Å². The van der Waals surface area contributed by atoms with Crippen LogP contribution in [0.1, 0.15) is 21.5 Å². The first kappa shape index (κ1) is 21.0. The second-order valence-corrected chi connectivity index (χ2v) is 8.99. The van der Waals surface area contributed by atoms with Crippen molar-refractivity contribution in [3.63, 3.8) is 0 Å². The largest absolute Gasteiger partial charge is 0.545 e. The minimum atomic E-state index is -1.30. The number of aromatic carboxylic acids is 1. The van der Waals surface area contributed by atoms with E-state index in [0.29, 0.717) is 9.90 Å². The molecule has 0 radical (unpaired) electrons. The predicted molar refractivity (Wildman–Crippen MR) is 113 cm³/mol. The molecule has 0 saturated carbocycles. The normalized spacial score (nSPS) is 10.9.